The first-order chi connectivity index (χ1) is 15.4. The number of esters is 1. The van der Waals surface area contributed by atoms with E-state index in [9.17, 15) is 9.59 Å². The first kappa shape index (κ1) is 23.6. The highest BCUT2D eigenvalue weighted by molar-refractivity contribution is 7.15. The first-order valence-electron chi connectivity index (χ1n) is 10.2. The molecule has 0 aliphatic carbocycles. The van der Waals surface area contributed by atoms with E-state index in [0.717, 1.165) is 21.6 Å². The van der Waals surface area contributed by atoms with E-state index in [4.69, 9.17) is 21.7 Å². The van der Waals surface area contributed by atoms with E-state index >= 15 is 0 Å². The lowest BCUT2D eigenvalue weighted by molar-refractivity contribution is -0.137. The van der Waals surface area contributed by atoms with Gasteiger partial charge < -0.3 is 10.1 Å². The van der Waals surface area contributed by atoms with E-state index in [2.05, 4.69) is 10.3 Å². The molecule has 0 saturated heterocycles. The summed E-state index contributed by atoms with van der Waals surface area (Å²) in [5, 5.41) is 12.0. The Balaban J connectivity index is 1.57. The van der Waals surface area contributed by atoms with Crippen LogP contribution in [0.15, 0.2) is 54.7 Å². The van der Waals surface area contributed by atoms with Gasteiger partial charge in [0.15, 0.2) is 5.13 Å². The van der Waals surface area contributed by atoms with Crippen molar-refractivity contribution in [1.29, 1.82) is 5.41 Å². The molecule has 0 aliphatic heterocycles. The molecule has 1 amide bonds. The second kappa shape index (κ2) is 11.0. The Labute approximate surface area is 196 Å². The van der Waals surface area contributed by atoms with Gasteiger partial charge in [0.05, 0.1) is 5.92 Å². The number of carbonyl (C=O) groups is 2. The van der Waals surface area contributed by atoms with Gasteiger partial charge in [0.1, 0.15) is 12.3 Å². The highest BCUT2D eigenvalue weighted by Crippen LogP contribution is 2.24. The summed E-state index contributed by atoms with van der Waals surface area (Å²) in [5.41, 5.74) is 2.52. The van der Waals surface area contributed by atoms with E-state index in [1.54, 1.807) is 13.1 Å². The number of anilines is 1. The third-order valence-electron chi connectivity index (χ3n) is 4.90. The fourth-order valence-electron chi connectivity index (χ4n) is 3.05. The molecule has 0 radical (unpaired) electrons. The Morgan fingerprint density at radius 2 is 1.94 bits per heavy atom. The van der Waals surface area contributed by atoms with Gasteiger partial charge >= 0.3 is 5.97 Å². The van der Waals surface area contributed by atoms with Crippen molar-refractivity contribution < 1.29 is 14.3 Å². The SMILES string of the molecule is CCC(C(=N)C(=O)OCc1ccccc1)C(=O)Nc1ncc(Cc2ccc(C)c(Cl)c2)s1. The minimum absolute atomic E-state index is 0.0545. The van der Waals surface area contributed by atoms with Crippen LogP contribution in [-0.4, -0.2) is 22.6 Å². The average Bonchev–Trinajstić information content (AvgIpc) is 3.22. The van der Waals surface area contributed by atoms with Gasteiger partial charge in [-0.15, -0.1) is 11.3 Å². The van der Waals surface area contributed by atoms with Crippen LogP contribution in [0.5, 0.6) is 0 Å². The summed E-state index contributed by atoms with van der Waals surface area (Å²) >= 11 is 7.54. The minimum Gasteiger partial charge on any atom is -0.456 e. The number of hydrogen-bond acceptors (Lipinski definition) is 6. The molecule has 3 aromatic rings. The Morgan fingerprint density at radius 3 is 2.62 bits per heavy atom. The van der Waals surface area contributed by atoms with Gasteiger partial charge in [0, 0.05) is 22.5 Å². The van der Waals surface area contributed by atoms with Crippen LogP contribution in [0.2, 0.25) is 5.02 Å². The summed E-state index contributed by atoms with van der Waals surface area (Å²) in [6.07, 6.45) is 2.64. The van der Waals surface area contributed by atoms with Crippen LogP contribution in [-0.2, 0) is 27.4 Å². The molecule has 2 aromatic carbocycles. The number of halogens is 1. The van der Waals surface area contributed by atoms with Crippen molar-refractivity contribution in [3.63, 3.8) is 0 Å². The molecule has 3 rings (SSSR count). The molecule has 8 heteroatoms. The molecule has 166 valence electrons. The number of ether oxygens (including phenoxy) is 1. The molecule has 0 saturated carbocycles. The highest BCUT2D eigenvalue weighted by atomic mass is 35.5. The van der Waals surface area contributed by atoms with Crippen molar-refractivity contribution in [2.45, 2.75) is 33.3 Å². The lowest BCUT2D eigenvalue weighted by atomic mass is 9.99. The van der Waals surface area contributed by atoms with Crippen molar-refractivity contribution >= 4 is 45.7 Å². The number of benzene rings is 2. The molecular formula is C24H24ClN3O3S. The van der Waals surface area contributed by atoms with Gasteiger partial charge in [-0.25, -0.2) is 9.78 Å². The van der Waals surface area contributed by atoms with E-state index in [1.165, 1.54) is 11.3 Å². The van der Waals surface area contributed by atoms with Crippen LogP contribution in [0.3, 0.4) is 0 Å². The molecule has 0 bridgehead atoms. The maximum absolute atomic E-state index is 12.7. The van der Waals surface area contributed by atoms with Crippen molar-refractivity contribution in [2.75, 3.05) is 5.32 Å². The molecule has 2 N–H and O–H groups in total. The quantitative estimate of drug-likeness (QED) is 0.323. The van der Waals surface area contributed by atoms with Crippen LogP contribution in [0.1, 0.15) is 34.9 Å². The smallest absolute Gasteiger partial charge is 0.353 e. The van der Waals surface area contributed by atoms with Crippen molar-refractivity contribution in [3.8, 4) is 0 Å². The molecule has 1 unspecified atom stereocenters. The van der Waals surface area contributed by atoms with Crippen LogP contribution in [0, 0.1) is 18.3 Å². The second-order valence-corrected chi connectivity index (χ2v) is 8.84. The number of aryl methyl sites for hydroxylation is 1. The fourth-order valence-corrected chi connectivity index (χ4v) is 4.10. The normalized spacial score (nSPS) is 11.6. The fraction of sp³-hybridized carbons (Fsp3) is 0.250. The molecule has 1 aromatic heterocycles. The van der Waals surface area contributed by atoms with Crippen LogP contribution in [0.25, 0.3) is 0 Å². The Bertz CT molecular complexity index is 1110. The minimum atomic E-state index is -0.915. The first-order valence-corrected chi connectivity index (χ1v) is 11.4. The number of amides is 1. The van der Waals surface area contributed by atoms with Gasteiger partial charge in [-0.1, -0.05) is 61.0 Å². The molecule has 6 nitrogen and oxygen atoms in total. The van der Waals surface area contributed by atoms with Crippen molar-refractivity contribution in [2.24, 2.45) is 5.92 Å². The summed E-state index contributed by atoms with van der Waals surface area (Å²) in [6, 6.07) is 15.1. The average molecular weight is 470 g/mol. The van der Waals surface area contributed by atoms with Gasteiger partial charge in [-0.2, -0.15) is 0 Å². The number of thiazole rings is 1. The number of nitrogens with zero attached hydrogens (tertiary/aromatic N) is 1. The van der Waals surface area contributed by atoms with Crippen LogP contribution < -0.4 is 5.32 Å². The molecule has 32 heavy (non-hydrogen) atoms. The predicted molar refractivity (Wildman–Crippen MR) is 127 cm³/mol. The Hall–Kier alpha value is -3.03. The molecular weight excluding hydrogens is 446 g/mol. The maximum atomic E-state index is 12.7. The molecule has 0 spiro atoms. The molecule has 1 atom stereocenters. The maximum Gasteiger partial charge on any atom is 0.353 e. The summed E-state index contributed by atoms with van der Waals surface area (Å²) in [7, 11) is 0. The van der Waals surface area contributed by atoms with E-state index < -0.39 is 17.8 Å². The molecule has 0 aliphatic rings. The molecule has 1 heterocycles. The third kappa shape index (κ3) is 6.24. The van der Waals surface area contributed by atoms with E-state index in [0.29, 0.717) is 23.0 Å². The standard InChI is InChI=1S/C24H24ClN3O3S/c1-3-19(21(26)23(30)31-14-16-7-5-4-6-8-16)22(29)28-24-27-13-18(32-24)11-17-10-9-15(2)20(25)12-17/h4-10,12-13,19,26H,3,11,14H2,1-2H3,(H,27,28,29). The topological polar surface area (TPSA) is 92.1 Å². The van der Waals surface area contributed by atoms with Crippen LogP contribution >= 0.6 is 22.9 Å². The van der Waals surface area contributed by atoms with E-state index in [1.807, 2.05) is 55.5 Å². The summed E-state index contributed by atoms with van der Waals surface area (Å²) in [4.78, 5) is 30.2. The predicted octanol–water partition coefficient (Wildman–Crippen LogP) is 5.42. The van der Waals surface area contributed by atoms with Crippen molar-refractivity contribution in [3.05, 3.63) is 81.3 Å². The zero-order valence-electron chi connectivity index (χ0n) is 17.9. The zero-order chi connectivity index (χ0) is 23.1. The second-order valence-electron chi connectivity index (χ2n) is 7.32. The number of carbonyl (C=O) groups excluding carboxylic acids is 2. The third-order valence-corrected chi connectivity index (χ3v) is 6.22. The lowest BCUT2D eigenvalue weighted by Crippen LogP contribution is -2.34. The Kier molecular flexibility index (Phi) is 8.14. The number of hydrogen-bond donors (Lipinski definition) is 2. The summed E-state index contributed by atoms with van der Waals surface area (Å²) < 4.78 is 5.19. The van der Waals surface area contributed by atoms with Gasteiger partial charge in [0.2, 0.25) is 5.91 Å². The highest BCUT2D eigenvalue weighted by Gasteiger charge is 2.28. The van der Waals surface area contributed by atoms with Gasteiger partial charge in [-0.05, 0) is 36.1 Å². The Morgan fingerprint density at radius 1 is 1.19 bits per heavy atom. The molecule has 0 fully saturated rings. The van der Waals surface area contributed by atoms with Crippen molar-refractivity contribution in [1.82, 2.24) is 4.98 Å². The van der Waals surface area contributed by atoms with Crippen LogP contribution in [0.4, 0.5) is 5.13 Å². The lowest BCUT2D eigenvalue weighted by Gasteiger charge is -2.14. The number of rotatable bonds is 9. The van der Waals surface area contributed by atoms with Gasteiger partial charge in [0.25, 0.3) is 0 Å². The summed E-state index contributed by atoms with van der Waals surface area (Å²) in [5.74, 6) is -2.16. The summed E-state index contributed by atoms with van der Waals surface area (Å²) in [6.45, 7) is 3.75. The zero-order valence-corrected chi connectivity index (χ0v) is 19.4. The number of nitrogens with one attached hydrogen (secondary N) is 2. The number of aromatic nitrogens is 1. The monoisotopic (exact) mass is 469 g/mol. The van der Waals surface area contributed by atoms with E-state index in [-0.39, 0.29) is 12.3 Å². The largest absolute Gasteiger partial charge is 0.456 e. The van der Waals surface area contributed by atoms with Gasteiger partial charge in [-0.3, -0.25) is 10.2 Å².